The van der Waals surface area contributed by atoms with Crippen LogP contribution in [0.5, 0.6) is 0 Å². The van der Waals surface area contributed by atoms with E-state index in [0.717, 1.165) is 11.3 Å². The van der Waals surface area contributed by atoms with E-state index in [1.807, 2.05) is 24.3 Å². The van der Waals surface area contributed by atoms with Gasteiger partial charge in [-0.15, -0.1) is 0 Å². The van der Waals surface area contributed by atoms with Crippen molar-refractivity contribution < 1.29 is 22.7 Å². The molecule has 2 fully saturated rings. The molecule has 2 saturated heterocycles. The van der Waals surface area contributed by atoms with E-state index in [1.54, 1.807) is 30.0 Å². The lowest BCUT2D eigenvalue weighted by Gasteiger charge is -2.37. The fourth-order valence-electron chi connectivity index (χ4n) is 4.65. The molecule has 176 valence electrons. The van der Waals surface area contributed by atoms with E-state index in [4.69, 9.17) is 16.3 Å². The van der Waals surface area contributed by atoms with E-state index in [1.165, 1.54) is 10.4 Å². The molecule has 1 spiro atoms. The molecule has 0 N–H and O–H groups in total. The van der Waals surface area contributed by atoms with Crippen LogP contribution in [0, 0.1) is 5.41 Å². The van der Waals surface area contributed by atoms with E-state index < -0.39 is 15.4 Å². The largest absolute Gasteiger partial charge is 0.466 e. The number of rotatable bonds is 6. The van der Waals surface area contributed by atoms with Crippen molar-refractivity contribution in [2.24, 2.45) is 5.41 Å². The van der Waals surface area contributed by atoms with Gasteiger partial charge in [0.25, 0.3) is 0 Å². The molecule has 2 aromatic rings. The Labute approximate surface area is 199 Å². The van der Waals surface area contributed by atoms with Gasteiger partial charge in [0.05, 0.1) is 23.5 Å². The number of carbonyl (C=O) groups excluding carboxylic acids is 2. The van der Waals surface area contributed by atoms with Crippen molar-refractivity contribution in [2.75, 3.05) is 31.1 Å². The minimum absolute atomic E-state index is 0.0374. The van der Waals surface area contributed by atoms with Gasteiger partial charge in [0.15, 0.2) is 0 Å². The molecular weight excluding hydrogens is 464 g/mol. The Balaban J connectivity index is 1.42. The Morgan fingerprint density at radius 3 is 2.30 bits per heavy atom. The average molecular weight is 491 g/mol. The summed E-state index contributed by atoms with van der Waals surface area (Å²) in [6.07, 6.45) is 1.85. The summed E-state index contributed by atoms with van der Waals surface area (Å²) in [7, 11) is -3.70. The topological polar surface area (TPSA) is 84.0 Å². The second-order valence-electron chi connectivity index (χ2n) is 8.47. The number of halogens is 1. The Bertz CT molecular complexity index is 1140. The van der Waals surface area contributed by atoms with E-state index in [2.05, 4.69) is 0 Å². The second kappa shape index (κ2) is 9.44. The summed E-state index contributed by atoms with van der Waals surface area (Å²) in [5.41, 5.74) is 1.07. The van der Waals surface area contributed by atoms with Gasteiger partial charge in [-0.3, -0.25) is 9.59 Å². The lowest BCUT2D eigenvalue weighted by Crippen LogP contribution is -2.46. The van der Waals surface area contributed by atoms with Gasteiger partial charge in [-0.2, -0.15) is 4.31 Å². The van der Waals surface area contributed by atoms with Gasteiger partial charge < -0.3 is 9.64 Å². The van der Waals surface area contributed by atoms with Crippen molar-refractivity contribution in [1.82, 2.24) is 4.31 Å². The Morgan fingerprint density at radius 2 is 1.67 bits per heavy atom. The number of hydrogen-bond donors (Lipinski definition) is 0. The summed E-state index contributed by atoms with van der Waals surface area (Å²) < 4.78 is 32.5. The minimum atomic E-state index is -3.70. The highest BCUT2D eigenvalue weighted by molar-refractivity contribution is 7.89. The van der Waals surface area contributed by atoms with Gasteiger partial charge in [-0.05, 0) is 56.0 Å². The van der Waals surface area contributed by atoms with Crippen LogP contribution in [-0.2, 0) is 30.8 Å². The third-order valence-electron chi connectivity index (χ3n) is 6.55. The van der Waals surface area contributed by atoms with Gasteiger partial charge in [0, 0.05) is 25.3 Å². The number of amides is 1. The van der Waals surface area contributed by atoms with Crippen LogP contribution in [0.1, 0.15) is 31.7 Å². The van der Waals surface area contributed by atoms with Crippen LogP contribution < -0.4 is 4.90 Å². The molecule has 0 aromatic heterocycles. The Morgan fingerprint density at radius 1 is 1.03 bits per heavy atom. The lowest BCUT2D eigenvalue weighted by molar-refractivity contribution is -0.142. The van der Waals surface area contributed by atoms with Crippen LogP contribution in [0.25, 0.3) is 0 Å². The molecule has 0 atom stereocenters. The smallest absolute Gasteiger partial charge is 0.310 e. The molecule has 4 rings (SSSR count). The fourth-order valence-corrected chi connectivity index (χ4v) is 6.59. The molecule has 1 amide bonds. The third kappa shape index (κ3) is 4.65. The van der Waals surface area contributed by atoms with Crippen LogP contribution in [-0.4, -0.2) is 50.8 Å². The molecule has 2 heterocycles. The monoisotopic (exact) mass is 490 g/mol. The van der Waals surface area contributed by atoms with Crippen molar-refractivity contribution in [2.45, 2.75) is 37.5 Å². The Hall–Kier alpha value is -2.42. The predicted octanol–water partition coefficient (Wildman–Crippen LogP) is 3.65. The molecule has 0 bridgehead atoms. The van der Waals surface area contributed by atoms with Crippen molar-refractivity contribution >= 4 is 39.2 Å². The summed E-state index contributed by atoms with van der Waals surface area (Å²) in [5, 5.41) is 0.201. The normalized spacial score (nSPS) is 18.6. The number of sulfonamides is 1. The van der Waals surface area contributed by atoms with Gasteiger partial charge in [0.1, 0.15) is 4.90 Å². The fraction of sp³-hybridized carbons (Fsp3) is 0.417. The molecule has 2 aliphatic rings. The van der Waals surface area contributed by atoms with Crippen molar-refractivity contribution in [3.8, 4) is 0 Å². The van der Waals surface area contributed by atoms with E-state index in [9.17, 15) is 18.0 Å². The maximum Gasteiger partial charge on any atom is 0.310 e. The predicted molar refractivity (Wildman–Crippen MR) is 126 cm³/mol. The van der Waals surface area contributed by atoms with Gasteiger partial charge in [-0.25, -0.2) is 8.42 Å². The van der Waals surface area contributed by atoms with Crippen LogP contribution in [0.3, 0.4) is 0 Å². The molecule has 9 heteroatoms. The number of anilines is 1. The molecular formula is C24H27ClN2O5S. The first kappa shape index (κ1) is 23.7. The number of carbonyl (C=O) groups is 2. The quantitative estimate of drug-likeness (QED) is 0.577. The zero-order valence-corrected chi connectivity index (χ0v) is 20.1. The van der Waals surface area contributed by atoms with E-state index >= 15 is 0 Å². The second-order valence-corrected chi connectivity index (χ2v) is 10.8. The molecule has 0 saturated carbocycles. The molecule has 0 aliphatic carbocycles. The summed E-state index contributed by atoms with van der Waals surface area (Å²) in [6, 6.07) is 13.8. The number of ether oxygens (including phenoxy) is 1. The van der Waals surface area contributed by atoms with Crippen molar-refractivity contribution in [3.63, 3.8) is 0 Å². The summed E-state index contributed by atoms with van der Waals surface area (Å²) in [6.45, 7) is 3.27. The standard InChI is InChI=1S/C24H27ClN2O5S/c1-2-32-22(28)17-18-7-9-19(10-8-18)27-16-13-24(23(27)29)11-14-26(15-12-24)33(30,31)21-6-4-3-5-20(21)25/h3-10H,2,11-17H2,1H3. The van der Waals surface area contributed by atoms with Gasteiger partial charge in [-0.1, -0.05) is 35.9 Å². The summed E-state index contributed by atoms with van der Waals surface area (Å²) in [4.78, 5) is 26.9. The highest BCUT2D eigenvalue weighted by Crippen LogP contribution is 2.44. The van der Waals surface area contributed by atoms with Gasteiger partial charge >= 0.3 is 5.97 Å². The third-order valence-corrected chi connectivity index (χ3v) is 8.95. The highest BCUT2D eigenvalue weighted by atomic mass is 35.5. The SMILES string of the molecule is CCOC(=O)Cc1ccc(N2CCC3(CCN(S(=O)(=O)c4ccccc4Cl)CC3)C2=O)cc1. The number of piperidine rings is 1. The zero-order chi connectivity index (χ0) is 23.6. The summed E-state index contributed by atoms with van der Waals surface area (Å²) >= 11 is 6.12. The molecule has 33 heavy (non-hydrogen) atoms. The maximum atomic E-state index is 13.4. The molecule has 2 aromatic carbocycles. The van der Waals surface area contributed by atoms with Crippen LogP contribution in [0.2, 0.25) is 5.02 Å². The maximum absolute atomic E-state index is 13.4. The van der Waals surface area contributed by atoms with Crippen molar-refractivity contribution in [1.29, 1.82) is 0 Å². The molecule has 0 unspecified atom stereocenters. The number of nitrogens with zero attached hydrogens (tertiary/aromatic N) is 2. The highest BCUT2D eigenvalue weighted by Gasteiger charge is 2.50. The van der Waals surface area contributed by atoms with Gasteiger partial charge in [0.2, 0.25) is 15.9 Å². The zero-order valence-electron chi connectivity index (χ0n) is 18.5. The number of benzene rings is 2. The first-order chi connectivity index (χ1) is 15.8. The first-order valence-corrected chi connectivity index (χ1v) is 12.9. The minimum Gasteiger partial charge on any atom is -0.466 e. The number of hydrogen-bond acceptors (Lipinski definition) is 5. The van der Waals surface area contributed by atoms with Crippen LogP contribution in [0.4, 0.5) is 5.69 Å². The lowest BCUT2D eigenvalue weighted by atomic mass is 9.77. The van der Waals surface area contributed by atoms with E-state index in [-0.39, 0.29) is 41.3 Å². The molecule has 7 nitrogen and oxygen atoms in total. The average Bonchev–Trinajstić information content (AvgIpc) is 3.10. The van der Waals surface area contributed by atoms with Crippen LogP contribution in [0.15, 0.2) is 53.4 Å². The van der Waals surface area contributed by atoms with E-state index in [0.29, 0.717) is 32.4 Å². The molecule has 2 aliphatic heterocycles. The van der Waals surface area contributed by atoms with Crippen molar-refractivity contribution in [3.05, 3.63) is 59.1 Å². The van der Waals surface area contributed by atoms with Crippen LogP contribution >= 0.6 is 11.6 Å². The first-order valence-electron chi connectivity index (χ1n) is 11.1. The Kier molecular flexibility index (Phi) is 6.79. The number of esters is 1. The molecule has 0 radical (unpaired) electrons. The summed E-state index contributed by atoms with van der Waals surface area (Å²) in [5.74, 6) is -0.240.